The number of methoxy groups -OCH3 is 1. The predicted molar refractivity (Wildman–Crippen MR) is 75.8 cm³/mol. The molecule has 0 aliphatic rings. The van der Waals surface area contributed by atoms with Crippen molar-refractivity contribution >= 4 is 11.4 Å². The third-order valence-electron chi connectivity index (χ3n) is 2.98. The predicted octanol–water partition coefficient (Wildman–Crippen LogP) is 3.59. The number of hydrogen-bond acceptors (Lipinski definition) is 3. The van der Waals surface area contributed by atoms with Gasteiger partial charge in [0.05, 0.1) is 18.5 Å². The summed E-state index contributed by atoms with van der Waals surface area (Å²) in [5, 5.41) is 3.26. The van der Waals surface area contributed by atoms with Gasteiger partial charge in [-0.15, -0.1) is 0 Å². The number of nitrogen functional groups attached to an aromatic ring is 1. The minimum Gasteiger partial charge on any atom is -0.497 e. The molecular formula is C15H17FN2O. The van der Waals surface area contributed by atoms with Crippen molar-refractivity contribution in [2.75, 3.05) is 18.2 Å². The highest BCUT2D eigenvalue weighted by Gasteiger charge is 2.08. The molecule has 3 nitrogen and oxygen atoms in total. The zero-order chi connectivity index (χ0) is 13.8. The van der Waals surface area contributed by atoms with Crippen LogP contribution in [0.15, 0.2) is 42.5 Å². The van der Waals surface area contributed by atoms with E-state index in [9.17, 15) is 4.39 Å². The fourth-order valence-corrected chi connectivity index (χ4v) is 1.89. The fourth-order valence-electron chi connectivity index (χ4n) is 1.89. The number of hydrogen-bond donors (Lipinski definition) is 2. The highest BCUT2D eigenvalue weighted by Crippen LogP contribution is 2.27. The number of benzene rings is 2. The van der Waals surface area contributed by atoms with Gasteiger partial charge in [0.25, 0.3) is 0 Å². The number of nitrogens with one attached hydrogen (secondary N) is 1. The lowest BCUT2D eigenvalue weighted by Gasteiger charge is -2.17. The van der Waals surface area contributed by atoms with Crippen molar-refractivity contribution in [2.45, 2.75) is 13.0 Å². The molecule has 0 amide bonds. The van der Waals surface area contributed by atoms with Crippen LogP contribution in [0.25, 0.3) is 0 Å². The van der Waals surface area contributed by atoms with Crippen LogP contribution >= 0.6 is 0 Å². The van der Waals surface area contributed by atoms with Gasteiger partial charge in [-0.1, -0.05) is 12.1 Å². The second-order valence-corrected chi connectivity index (χ2v) is 4.37. The van der Waals surface area contributed by atoms with E-state index < -0.39 is 0 Å². The topological polar surface area (TPSA) is 47.3 Å². The second-order valence-electron chi connectivity index (χ2n) is 4.37. The first-order chi connectivity index (χ1) is 9.10. The zero-order valence-corrected chi connectivity index (χ0v) is 11.0. The Bertz CT molecular complexity index is 572. The molecule has 0 saturated heterocycles. The molecular weight excluding hydrogens is 243 g/mol. The third kappa shape index (κ3) is 3.16. The van der Waals surface area contributed by atoms with E-state index in [0.717, 1.165) is 11.3 Å². The van der Waals surface area contributed by atoms with Gasteiger partial charge in [0.1, 0.15) is 11.6 Å². The Hall–Kier alpha value is -2.23. The molecule has 100 valence electrons. The Morgan fingerprint density at radius 2 is 2.00 bits per heavy atom. The van der Waals surface area contributed by atoms with E-state index in [1.165, 1.54) is 12.1 Å². The van der Waals surface area contributed by atoms with E-state index in [2.05, 4.69) is 5.32 Å². The van der Waals surface area contributed by atoms with E-state index in [0.29, 0.717) is 11.4 Å². The molecule has 4 heteroatoms. The summed E-state index contributed by atoms with van der Waals surface area (Å²) in [6.45, 7) is 1.96. The van der Waals surface area contributed by atoms with Gasteiger partial charge in [-0.3, -0.25) is 0 Å². The second kappa shape index (κ2) is 5.61. The van der Waals surface area contributed by atoms with Crippen LogP contribution in [0.1, 0.15) is 18.5 Å². The Morgan fingerprint density at radius 3 is 2.63 bits per heavy atom. The van der Waals surface area contributed by atoms with Crippen molar-refractivity contribution in [3.05, 3.63) is 53.8 Å². The summed E-state index contributed by atoms with van der Waals surface area (Å²) in [4.78, 5) is 0. The van der Waals surface area contributed by atoms with Crippen LogP contribution in [-0.4, -0.2) is 7.11 Å². The molecule has 0 fully saturated rings. The lowest BCUT2D eigenvalue weighted by molar-refractivity contribution is 0.415. The minimum absolute atomic E-state index is 0.0357. The van der Waals surface area contributed by atoms with Gasteiger partial charge in [-0.25, -0.2) is 4.39 Å². The number of halogens is 1. The Kier molecular flexibility index (Phi) is 3.90. The molecule has 1 unspecified atom stereocenters. The van der Waals surface area contributed by atoms with Crippen LogP contribution < -0.4 is 15.8 Å². The van der Waals surface area contributed by atoms with Gasteiger partial charge >= 0.3 is 0 Å². The van der Waals surface area contributed by atoms with Crippen LogP contribution in [0, 0.1) is 5.82 Å². The van der Waals surface area contributed by atoms with Gasteiger partial charge in [-0.2, -0.15) is 0 Å². The average Bonchev–Trinajstić information content (AvgIpc) is 2.41. The summed E-state index contributed by atoms with van der Waals surface area (Å²) in [7, 11) is 1.59. The van der Waals surface area contributed by atoms with E-state index in [1.807, 2.05) is 25.1 Å². The SMILES string of the molecule is COc1ccc(NC(C)c2cccc(F)c2)c(N)c1. The molecule has 0 bridgehead atoms. The summed E-state index contributed by atoms with van der Waals surface area (Å²) in [6, 6.07) is 11.9. The lowest BCUT2D eigenvalue weighted by atomic mass is 10.1. The Morgan fingerprint density at radius 1 is 1.21 bits per heavy atom. The quantitative estimate of drug-likeness (QED) is 0.826. The van der Waals surface area contributed by atoms with E-state index >= 15 is 0 Å². The molecule has 0 aliphatic carbocycles. The molecule has 19 heavy (non-hydrogen) atoms. The van der Waals surface area contributed by atoms with Gasteiger partial charge in [0, 0.05) is 12.1 Å². The summed E-state index contributed by atoms with van der Waals surface area (Å²) >= 11 is 0. The Labute approximate surface area is 112 Å². The number of anilines is 2. The Balaban J connectivity index is 2.17. The first kappa shape index (κ1) is 13.2. The molecule has 2 rings (SSSR count). The monoisotopic (exact) mass is 260 g/mol. The normalized spacial score (nSPS) is 11.9. The zero-order valence-electron chi connectivity index (χ0n) is 11.0. The first-order valence-corrected chi connectivity index (χ1v) is 6.05. The van der Waals surface area contributed by atoms with Crippen molar-refractivity contribution < 1.29 is 9.13 Å². The standard InChI is InChI=1S/C15H17FN2O/c1-10(11-4-3-5-12(16)8-11)18-15-7-6-13(19-2)9-14(15)17/h3-10,18H,17H2,1-2H3. The van der Waals surface area contributed by atoms with Crippen molar-refractivity contribution in [1.82, 2.24) is 0 Å². The maximum atomic E-state index is 13.2. The smallest absolute Gasteiger partial charge is 0.123 e. The molecule has 2 aromatic rings. The van der Waals surface area contributed by atoms with E-state index in [4.69, 9.17) is 10.5 Å². The van der Waals surface area contributed by atoms with Crippen LogP contribution in [0.4, 0.5) is 15.8 Å². The average molecular weight is 260 g/mol. The van der Waals surface area contributed by atoms with Crippen molar-refractivity contribution in [2.24, 2.45) is 0 Å². The molecule has 0 radical (unpaired) electrons. The maximum Gasteiger partial charge on any atom is 0.123 e. The molecule has 0 aliphatic heterocycles. The maximum absolute atomic E-state index is 13.2. The summed E-state index contributed by atoms with van der Waals surface area (Å²) in [6.07, 6.45) is 0. The molecule has 1 atom stereocenters. The van der Waals surface area contributed by atoms with Crippen molar-refractivity contribution in [1.29, 1.82) is 0 Å². The van der Waals surface area contributed by atoms with Gasteiger partial charge in [-0.05, 0) is 36.8 Å². The largest absolute Gasteiger partial charge is 0.497 e. The highest BCUT2D eigenvalue weighted by molar-refractivity contribution is 5.68. The number of ether oxygens (including phenoxy) is 1. The first-order valence-electron chi connectivity index (χ1n) is 6.05. The molecule has 0 spiro atoms. The summed E-state index contributed by atoms with van der Waals surface area (Å²) < 4.78 is 18.3. The van der Waals surface area contributed by atoms with Gasteiger partial charge in [0.2, 0.25) is 0 Å². The molecule has 0 heterocycles. The van der Waals surface area contributed by atoms with E-state index in [-0.39, 0.29) is 11.9 Å². The molecule has 0 aromatic heterocycles. The highest BCUT2D eigenvalue weighted by atomic mass is 19.1. The van der Waals surface area contributed by atoms with Crippen LogP contribution in [0.3, 0.4) is 0 Å². The summed E-state index contributed by atoms with van der Waals surface area (Å²) in [5.74, 6) is 0.468. The molecule has 2 aromatic carbocycles. The number of rotatable bonds is 4. The third-order valence-corrected chi connectivity index (χ3v) is 2.98. The number of nitrogens with two attached hydrogens (primary N) is 1. The van der Waals surface area contributed by atoms with Gasteiger partial charge in [0.15, 0.2) is 0 Å². The van der Waals surface area contributed by atoms with Crippen molar-refractivity contribution in [3.63, 3.8) is 0 Å². The fraction of sp³-hybridized carbons (Fsp3) is 0.200. The van der Waals surface area contributed by atoms with Crippen LogP contribution in [0.2, 0.25) is 0 Å². The van der Waals surface area contributed by atoms with Gasteiger partial charge < -0.3 is 15.8 Å². The minimum atomic E-state index is -0.242. The summed E-state index contributed by atoms with van der Waals surface area (Å²) in [5.41, 5.74) is 8.21. The van der Waals surface area contributed by atoms with E-state index in [1.54, 1.807) is 19.2 Å². The van der Waals surface area contributed by atoms with Crippen molar-refractivity contribution in [3.8, 4) is 5.75 Å². The van der Waals surface area contributed by atoms with Crippen LogP contribution in [-0.2, 0) is 0 Å². The van der Waals surface area contributed by atoms with Crippen LogP contribution in [0.5, 0.6) is 5.75 Å². The lowest BCUT2D eigenvalue weighted by Crippen LogP contribution is -2.08. The molecule has 0 saturated carbocycles. The molecule has 3 N–H and O–H groups in total.